The molecule has 0 atom stereocenters. The quantitative estimate of drug-likeness (QED) is 0.575. The standard InChI is InChI=1S/C8H17N3O2/c1-11(2)8(13)6-10-7(12)4-3-5-9/h3-6,9H2,1-2H3,(H,10,12). The van der Waals surface area contributed by atoms with Gasteiger partial charge < -0.3 is 16.0 Å². The van der Waals surface area contributed by atoms with Gasteiger partial charge in [0.25, 0.3) is 0 Å². The summed E-state index contributed by atoms with van der Waals surface area (Å²) in [5.41, 5.74) is 5.23. The Labute approximate surface area is 78.3 Å². The van der Waals surface area contributed by atoms with Gasteiger partial charge in [-0.25, -0.2) is 0 Å². The summed E-state index contributed by atoms with van der Waals surface area (Å²) < 4.78 is 0. The molecular weight excluding hydrogens is 170 g/mol. The van der Waals surface area contributed by atoms with E-state index in [1.807, 2.05) is 0 Å². The molecule has 0 rings (SSSR count). The van der Waals surface area contributed by atoms with Crippen LogP contribution >= 0.6 is 0 Å². The molecule has 0 saturated heterocycles. The maximum atomic E-state index is 11.0. The fraction of sp³-hybridized carbons (Fsp3) is 0.750. The lowest BCUT2D eigenvalue weighted by Gasteiger charge is -2.10. The van der Waals surface area contributed by atoms with Gasteiger partial charge in [0, 0.05) is 20.5 Å². The Balaban J connectivity index is 3.52. The number of carbonyl (C=O) groups excluding carboxylic acids is 2. The Morgan fingerprint density at radius 1 is 1.38 bits per heavy atom. The van der Waals surface area contributed by atoms with Crippen molar-refractivity contribution in [2.75, 3.05) is 27.2 Å². The summed E-state index contributed by atoms with van der Waals surface area (Å²) in [5, 5.41) is 2.51. The highest BCUT2D eigenvalue weighted by atomic mass is 16.2. The lowest BCUT2D eigenvalue weighted by atomic mass is 10.3. The van der Waals surface area contributed by atoms with Crippen LogP contribution in [0.15, 0.2) is 0 Å². The van der Waals surface area contributed by atoms with E-state index in [4.69, 9.17) is 5.73 Å². The second-order valence-electron chi connectivity index (χ2n) is 2.96. The van der Waals surface area contributed by atoms with Crippen LogP contribution in [0, 0.1) is 0 Å². The average Bonchev–Trinajstić information content (AvgIpc) is 2.10. The third-order valence-electron chi connectivity index (χ3n) is 1.54. The van der Waals surface area contributed by atoms with E-state index in [1.54, 1.807) is 14.1 Å². The molecule has 0 heterocycles. The first-order chi connectivity index (χ1) is 6.07. The lowest BCUT2D eigenvalue weighted by Crippen LogP contribution is -2.36. The molecule has 0 saturated carbocycles. The topological polar surface area (TPSA) is 75.4 Å². The highest BCUT2D eigenvalue weighted by Gasteiger charge is 2.05. The summed E-state index contributed by atoms with van der Waals surface area (Å²) in [4.78, 5) is 23.4. The zero-order chi connectivity index (χ0) is 10.3. The van der Waals surface area contributed by atoms with Crippen molar-refractivity contribution in [2.45, 2.75) is 12.8 Å². The van der Waals surface area contributed by atoms with Crippen LogP contribution in [0.25, 0.3) is 0 Å². The van der Waals surface area contributed by atoms with Gasteiger partial charge in [0.2, 0.25) is 11.8 Å². The largest absolute Gasteiger partial charge is 0.347 e. The molecule has 0 aromatic heterocycles. The zero-order valence-corrected chi connectivity index (χ0v) is 8.17. The Morgan fingerprint density at radius 2 is 2.00 bits per heavy atom. The molecule has 2 amide bonds. The van der Waals surface area contributed by atoms with Crippen LogP contribution in [0.3, 0.4) is 0 Å². The molecule has 13 heavy (non-hydrogen) atoms. The number of nitrogens with two attached hydrogens (primary N) is 1. The maximum absolute atomic E-state index is 11.0. The summed E-state index contributed by atoms with van der Waals surface area (Å²) in [5.74, 6) is -0.234. The smallest absolute Gasteiger partial charge is 0.241 e. The third-order valence-corrected chi connectivity index (χ3v) is 1.54. The highest BCUT2D eigenvalue weighted by molar-refractivity contribution is 5.84. The molecule has 5 nitrogen and oxygen atoms in total. The van der Waals surface area contributed by atoms with Crippen molar-refractivity contribution in [3.63, 3.8) is 0 Å². The van der Waals surface area contributed by atoms with Crippen molar-refractivity contribution < 1.29 is 9.59 Å². The minimum absolute atomic E-state index is 0.0659. The Kier molecular flexibility index (Phi) is 5.88. The number of nitrogens with zero attached hydrogens (tertiary/aromatic N) is 1. The molecule has 0 aliphatic rings. The normalized spacial score (nSPS) is 9.46. The molecule has 0 radical (unpaired) electrons. The first kappa shape index (κ1) is 11.9. The molecule has 0 aromatic carbocycles. The molecule has 76 valence electrons. The van der Waals surface area contributed by atoms with Gasteiger partial charge in [0.15, 0.2) is 0 Å². The van der Waals surface area contributed by atoms with Crippen molar-refractivity contribution in [1.82, 2.24) is 10.2 Å². The molecule has 0 bridgehead atoms. The minimum atomic E-state index is -0.124. The lowest BCUT2D eigenvalue weighted by molar-refractivity contribution is -0.130. The SMILES string of the molecule is CN(C)C(=O)CNC(=O)CCCN. The number of likely N-dealkylation sites (N-methyl/N-ethyl adjacent to an activating group) is 1. The first-order valence-electron chi connectivity index (χ1n) is 4.25. The molecule has 5 heteroatoms. The number of rotatable bonds is 5. The fourth-order valence-electron chi connectivity index (χ4n) is 0.683. The molecular formula is C8H17N3O2. The molecule has 0 aliphatic heterocycles. The summed E-state index contributed by atoms with van der Waals surface area (Å²) >= 11 is 0. The summed E-state index contributed by atoms with van der Waals surface area (Å²) in [6.07, 6.45) is 1.04. The van der Waals surface area contributed by atoms with Crippen molar-refractivity contribution in [1.29, 1.82) is 0 Å². The summed E-state index contributed by atoms with van der Waals surface area (Å²) in [7, 11) is 3.29. The van der Waals surface area contributed by atoms with E-state index >= 15 is 0 Å². The number of hydrogen-bond donors (Lipinski definition) is 2. The van der Waals surface area contributed by atoms with Crippen LogP contribution in [0.5, 0.6) is 0 Å². The van der Waals surface area contributed by atoms with Gasteiger partial charge in [-0.1, -0.05) is 0 Å². The molecule has 3 N–H and O–H groups in total. The fourth-order valence-corrected chi connectivity index (χ4v) is 0.683. The van der Waals surface area contributed by atoms with Crippen LogP contribution < -0.4 is 11.1 Å². The number of carbonyl (C=O) groups is 2. The van der Waals surface area contributed by atoms with Gasteiger partial charge in [-0.05, 0) is 13.0 Å². The summed E-state index contributed by atoms with van der Waals surface area (Å²) in [6.45, 7) is 0.561. The molecule has 0 fully saturated rings. The van der Waals surface area contributed by atoms with E-state index in [1.165, 1.54) is 4.90 Å². The van der Waals surface area contributed by atoms with Gasteiger partial charge in [-0.15, -0.1) is 0 Å². The van der Waals surface area contributed by atoms with Crippen molar-refractivity contribution >= 4 is 11.8 Å². The van der Waals surface area contributed by atoms with Crippen LogP contribution in [0.2, 0.25) is 0 Å². The van der Waals surface area contributed by atoms with Gasteiger partial charge in [-0.2, -0.15) is 0 Å². The maximum Gasteiger partial charge on any atom is 0.241 e. The second-order valence-corrected chi connectivity index (χ2v) is 2.96. The Bertz CT molecular complexity index is 180. The number of hydrogen-bond acceptors (Lipinski definition) is 3. The van der Waals surface area contributed by atoms with E-state index in [0.29, 0.717) is 19.4 Å². The first-order valence-corrected chi connectivity index (χ1v) is 4.25. The predicted molar refractivity (Wildman–Crippen MR) is 50.0 cm³/mol. The predicted octanol–water partition coefficient (Wildman–Crippen LogP) is -1.07. The molecule has 0 aromatic rings. The molecule has 0 spiro atoms. The summed E-state index contributed by atoms with van der Waals surface area (Å²) in [6, 6.07) is 0. The van der Waals surface area contributed by atoms with Crippen LogP contribution in [0.4, 0.5) is 0 Å². The average molecular weight is 187 g/mol. The number of nitrogens with one attached hydrogen (secondary N) is 1. The van der Waals surface area contributed by atoms with Crippen LogP contribution in [-0.2, 0) is 9.59 Å². The third kappa shape index (κ3) is 6.10. The van der Waals surface area contributed by atoms with Gasteiger partial charge in [0.1, 0.15) is 0 Å². The minimum Gasteiger partial charge on any atom is -0.347 e. The van der Waals surface area contributed by atoms with E-state index in [2.05, 4.69) is 5.32 Å². The monoisotopic (exact) mass is 187 g/mol. The number of amides is 2. The molecule has 0 unspecified atom stereocenters. The Morgan fingerprint density at radius 3 is 2.46 bits per heavy atom. The van der Waals surface area contributed by atoms with Gasteiger partial charge in [0.05, 0.1) is 6.54 Å². The van der Waals surface area contributed by atoms with Crippen molar-refractivity contribution in [2.24, 2.45) is 5.73 Å². The van der Waals surface area contributed by atoms with Crippen LogP contribution in [-0.4, -0.2) is 43.9 Å². The van der Waals surface area contributed by atoms with Crippen LogP contribution in [0.1, 0.15) is 12.8 Å². The zero-order valence-electron chi connectivity index (χ0n) is 8.17. The van der Waals surface area contributed by atoms with Gasteiger partial charge in [-0.3, -0.25) is 9.59 Å². The Hall–Kier alpha value is -1.10. The van der Waals surface area contributed by atoms with E-state index < -0.39 is 0 Å². The van der Waals surface area contributed by atoms with E-state index in [0.717, 1.165) is 0 Å². The molecule has 0 aliphatic carbocycles. The van der Waals surface area contributed by atoms with Crippen molar-refractivity contribution in [3.8, 4) is 0 Å². The van der Waals surface area contributed by atoms with Gasteiger partial charge >= 0.3 is 0 Å². The highest BCUT2D eigenvalue weighted by Crippen LogP contribution is 1.85. The van der Waals surface area contributed by atoms with E-state index in [-0.39, 0.29) is 18.4 Å². The van der Waals surface area contributed by atoms with Crippen molar-refractivity contribution in [3.05, 3.63) is 0 Å². The van der Waals surface area contributed by atoms with E-state index in [9.17, 15) is 9.59 Å². The second kappa shape index (κ2) is 6.42.